The number of hydrogen-bond donors (Lipinski definition) is 1. The molecule has 0 radical (unpaired) electrons. The van der Waals surface area contributed by atoms with Gasteiger partial charge in [-0.1, -0.05) is 0 Å². The van der Waals surface area contributed by atoms with Crippen LogP contribution < -0.4 is 0 Å². The van der Waals surface area contributed by atoms with E-state index in [1.165, 1.54) is 0 Å². The van der Waals surface area contributed by atoms with Crippen LogP contribution in [-0.4, -0.2) is 18.2 Å². The molecule has 0 amide bonds. The van der Waals surface area contributed by atoms with Crippen molar-refractivity contribution in [3.63, 3.8) is 0 Å². The predicted molar refractivity (Wildman–Crippen MR) is 33.0 cm³/mol. The largest absolute Gasteiger partial charge is 0.468 e. The van der Waals surface area contributed by atoms with Gasteiger partial charge in [-0.15, -0.1) is 0 Å². The summed E-state index contributed by atoms with van der Waals surface area (Å²) in [6.07, 6.45) is 0. The molecule has 8 heavy (non-hydrogen) atoms. The molecule has 0 aliphatic heterocycles. The number of thiocarbonyl (C=S) groups is 1. The van der Waals surface area contributed by atoms with Gasteiger partial charge in [0.25, 0.3) is 6.47 Å². The lowest BCUT2D eigenvalue weighted by atomic mass is 10.9. The van der Waals surface area contributed by atoms with Gasteiger partial charge in [0.2, 0.25) is 0 Å². The van der Waals surface area contributed by atoms with Crippen LogP contribution in [0.3, 0.4) is 0 Å². The zero-order chi connectivity index (χ0) is 6.83. The number of carbonyl (C=O) groups is 1. The third kappa shape index (κ3) is 59.6. The molecule has 0 spiro atoms. The monoisotopic (exact) mass is 133 g/mol. The molecule has 0 atom stereocenters. The SMILES string of the molecule is CCOC=O.N=C=S. The molecule has 1 N–H and O–H groups in total. The first-order valence-corrected chi connectivity index (χ1v) is 2.33. The summed E-state index contributed by atoms with van der Waals surface area (Å²) in [6, 6.07) is 0. The van der Waals surface area contributed by atoms with E-state index in [2.05, 4.69) is 17.0 Å². The Morgan fingerprint density at radius 2 is 2.38 bits per heavy atom. The summed E-state index contributed by atoms with van der Waals surface area (Å²) in [7, 11) is 0. The van der Waals surface area contributed by atoms with Crippen LogP contribution in [0, 0.1) is 5.41 Å². The highest BCUT2D eigenvalue weighted by Crippen LogP contribution is 1.55. The van der Waals surface area contributed by atoms with E-state index in [0.29, 0.717) is 13.1 Å². The Labute approximate surface area is 53.2 Å². The fourth-order valence-electron chi connectivity index (χ4n) is 0.0680. The van der Waals surface area contributed by atoms with E-state index in [4.69, 9.17) is 5.41 Å². The first kappa shape index (κ1) is 10.3. The molecule has 0 unspecified atom stereocenters. The van der Waals surface area contributed by atoms with Crippen molar-refractivity contribution in [3.05, 3.63) is 0 Å². The van der Waals surface area contributed by atoms with E-state index in [1.807, 2.05) is 0 Å². The summed E-state index contributed by atoms with van der Waals surface area (Å²) >= 11 is 3.81. The van der Waals surface area contributed by atoms with Crippen molar-refractivity contribution < 1.29 is 9.53 Å². The fraction of sp³-hybridized carbons (Fsp3) is 0.500. The molecule has 3 nitrogen and oxygen atoms in total. The second-order valence-electron chi connectivity index (χ2n) is 0.654. The van der Waals surface area contributed by atoms with Crippen molar-refractivity contribution >= 4 is 23.9 Å². The van der Waals surface area contributed by atoms with Gasteiger partial charge in [0, 0.05) is 0 Å². The van der Waals surface area contributed by atoms with Crippen molar-refractivity contribution in [3.8, 4) is 0 Å². The highest BCUT2D eigenvalue weighted by Gasteiger charge is 1.60. The molecule has 0 aliphatic rings. The van der Waals surface area contributed by atoms with Gasteiger partial charge in [-0.05, 0) is 19.1 Å². The predicted octanol–water partition coefficient (Wildman–Crippen LogP) is 0.847. The van der Waals surface area contributed by atoms with Crippen LogP contribution in [0.4, 0.5) is 0 Å². The Morgan fingerprint density at radius 3 is 2.38 bits per heavy atom. The minimum Gasteiger partial charge on any atom is -0.468 e. The Bertz CT molecular complexity index is 78.1. The van der Waals surface area contributed by atoms with Crippen molar-refractivity contribution in [1.82, 2.24) is 0 Å². The third-order valence-corrected chi connectivity index (χ3v) is 0.235. The number of hydrogen-bond acceptors (Lipinski definition) is 4. The van der Waals surface area contributed by atoms with Crippen LogP contribution in [-0.2, 0) is 9.53 Å². The van der Waals surface area contributed by atoms with Gasteiger partial charge < -0.3 is 4.74 Å². The van der Waals surface area contributed by atoms with Crippen LogP contribution >= 0.6 is 12.2 Å². The fourth-order valence-corrected chi connectivity index (χ4v) is 0.0680. The highest BCUT2D eigenvalue weighted by atomic mass is 32.1. The van der Waals surface area contributed by atoms with Gasteiger partial charge in [-0.3, -0.25) is 4.79 Å². The molecule has 46 valence electrons. The summed E-state index contributed by atoms with van der Waals surface area (Å²) < 4.78 is 4.15. The minimum absolute atomic E-state index is 0.431. The van der Waals surface area contributed by atoms with Gasteiger partial charge in [0.15, 0.2) is 0 Å². The van der Waals surface area contributed by atoms with Crippen LogP contribution in [0.15, 0.2) is 0 Å². The molecule has 0 heterocycles. The maximum atomic E-state index is 9.18. The van der Waals surface area contributed by atoms with E-state index in [9.17, 15) is 4.79 Å². The average Bonchev–Trinajstić information content (AvgIpc) is 1.71. The third-order valence-electron chi connectivity index (χ3n) is 0.235. The Kier molecular flexibility index (Phi) is 20.9. The molecule has 0 fully saturated rings. The van der Waals surface area contributed by atoms with E-state index in [-0.39, 0.29) is 0 Å². The molecule has 0 saturated heterocycles. The zero-order valence-electron chi connectivity index (χ0n) is 4.51. The maximum absolute atomic E-state index is 9.18. The second kappa shape index (κ2) is 16.3. The van der Waals surface area contributed by atoms with Crippen LogP contribution in [0.1, 0.15) is 6.92 Å². The summed E-state index contributed by atoms with van der Waals surface area (Å²) in [5.41, 5.74) is 0. The molecule has 0 aliphatic carbocycles. The molecule has 0 aromatic rings. The van der Waals surface area contributed by atoms with Gasteiger partial charge >= 0.3 is 0 Å². The Balaban J connectivity index is 0. The minimum atomic E-state index is 0.431. The van der Waals surface area contributed by atoms with Crippen LogP contribution in [0.2, 0.25) is 0 Å². The molecule has 0 aromatic carbocycles. The Hall–Kier alpha value is -0.730. The van der Waals surface area contributed by atoms with Gasteiger partial charge in [0.1, 0.15) is 0 Å². The molecule has 0 bridgehead atoms. The number of rotatable bonds is 2. The van der Waals surface area contributed by atoms with E-state index in [1.54, 1.807) is 12.1 Å². The lowest BCUT2D eigenvalue weighted by molar-refractivity contribution is -0.128. The first-order valence-electron chi connectivity index (χ1n) is 1.92. The standard InChI is InChI=1S/C3H6O2.CHNS/c1-2-5-3-4;2-1-3/h3H,2H2,1H3;2H. The van der Waals surface area contributed by atoms with E-state index >= 15 is 0 Å². The molecule has 4 heteroatoms. The molecule has 0 saturated carbocycles. The second-order valence-corrected chi connectivity index (χ2v) is 0.858. The Morgan fingerprint density at radius 1 is 2.00 bits per heavy atom. The molecule has 0 aromatic heterocycles. The van der Waals surface area contributed by atoms with Crippen LogP contribution in [0.5, 0.6) is 0 Å². The lowest BCUT2D eigenvalue weighted by Crippen LogP contribution is -1.80. The summed E-state index contributed by atoms with van der Waals surface area (Å²) in [5, 5.41) is 7.36. The summed E-state index contributed by atoms with van der Waals surface area (Å²) in [4.78, 5) is 9.18. The first-order chi connectivity index (χ1) is 3.83. The quantitative estimate of drug-likeness (QED) is 0.345. The highest BCUT2D eigenvalue weighted by molar-refractivity contribution is 7.78. The molecular weight excluding hydrogens is 126 g/mol. The molecular formula is C4H7NO2S. The maximum Gasteiger partial charge on any atom is 0.293 e. The lowest BCUT2D eigenvalue weighted by Gasteiger charge is -1.79. The molecule has 0 rings (SSSR count). The van der Waals surface area contributed by atoms with Crippen molar-refractivity contribution in [2.45, 2.75) is 6.92 Å². The number of ether oxygens (including phenoxy) is 1. The van der Waals surface area contributed by atoms with E-state index < -0.39 is 0 Å². The number of isothiocyanates is 1. The van der Waals surface area contributed by atoms with E-state index in [0.717, 1.165) is 0 Å². The van der Waals surface area contributed by atoms with Gasteiger partial charge in [-0.25, -0.2) is 5.41 Å². The number of nitrogens with one attached hydrogen (secondary N) is 1. The van der Waals surface area contributed by atoms with Crippen LogP contribution in [0.25, 0.3) is 0 Å². The number of carbonyl (C=O) groups excluding carboxylic acids is 1. The smallest absolute Gasteiger partial charge is 0.293 e. The van der Waals surface area contributed by atoms with Crippen molar-refractivity contribution in [1.29, 1.82) is 5.41 Å². The van der Waals surface area contributed by atoms with Crippen molar-refractivity contribution in [2.24, 2.45) is 0 Å². The zero-order valence-corrected chi connectivity index (χ0v) is 5.33. The average molecular weight is 133 g/mol. The topological polar surface area (TPSA) is 50.2 Å². The van der Waals surface area contributed by atoms with Gasteiger partial charge in [0.05, 0.1) is 11.8 Å². The summed E-state index contributed by atoms with van der Waals surface area (Å²) in [5.74, 6) is 0. The van der Waals surface area contributed by atoms with Crippen molar-refractivity contribution in [2.75, 3.05) is 6.61 Å². The summed E-state index contributed by atoms with van der Waals surface area (Å²) in [6.45, 7) is 2.66. The normalized spacial score (nSPS) is 5.12. The van der Waals surface area contributed by atoms with Gasteiger partial charge in [-0.2, -0.15) is 0 Å².